The summed E-state index contributed by atoms with van der Waals surface area (Å²) in [6.45, 7) is 12.4. The second-order valence-electron chi connectivity index (χ2n) is 12.6. The highest BCUT2D eigenvalue weighted by atomic mass is 16.6. The largest absolute Gasteiger partial charge is 0.486 e. The molecule has 0 unspecified atom stereocenters. The van der Waals surface area contributed by atoms with Crippen LogP contribution in [0.1, 0.15) is 44.7 Å². The van der Waals surface area contributed by atoms with Crippen molar-refractivity contribution in [1.82, 2.24) is 23.9 Å². The summed E-state index contributed by atoms with van der Waals surface area (Å²) in [6.07, 6.45) is 6.78. The van der Waals surface area contributed by atoms with Gasteiger partial charge in [-0.1, -0.05) is 12.1 Å². The molecule has 2 aliphatic rings. The maximum atomic E-state index is 13.4. The van der Waals surface area contributed by atoms with E-state index in [0.717, 1.165) is 60.2 Å². The highest BCUT2D eigenvalue weighted by Gasteiger charge is 2.36. The van der Waals surface area contributed by atoms with Gasteiger partial charge in [-0.15, -0.1) is 0 Å². The summed E-state index contributed by atoms with van der Waals surface area (Å²) in [7, 11) is 0. The van der Waals surface area contributed by atoms with Crippen molar-refractivity contribution < 1.29 is 19.0 Å². The molecule has 4 aromatic rings. The number of carbonyl (C=O) groups is 1. The lowest BCUT2D eigenvalue weighted by molar-refractivity contribution is 0.0196. The Labute approximate surface area is 257 Å². The Morgan fingerprint density at radius 2 is 1.80 bits per heavy atom. The molecule has 1 amide bonds. The Bertz CT molecular complexity index is 1680. The quantitative estimate of drug-likeness (QED) is 0.290. The van der Waals surface area contributed by atoms with Crippen molar-refractivity contribution >= 4 is 17.0 Å². The Morgan fingerprint density at radius 1 is 1.02 bits per heavy atom. The van der Waals surface area contributed by atoms with E-state index in [9.17, 15) is 9.59 Å². The third-order valence-electron chi connectivity index (χ3n) is 8.56. The van der Waals surface area contributed by atoms with E-state index in [2.05, 4.69) is 48.9 Å². The summed E-state index contributed by atoms with van der Waals surface area (Å²) in [5.74, 6) is 1.40. The monoisotopic (exact) mass is 599 g/mol. The lowest BCUT2D eigenvalue weighted by Crippen LogP contribution is -2.55. The maximum absolute atomic E-state index is 13.4. The van der Waals surface area contributed by atoms with Crippen molar-refractivity contribution in [2.75, 3.05) is 32.8 Å². The minimum Gasteiger partial charge on any atom is -0.486 e. The number of imidazole rings is 1. The van der Waals surface area contributed by atoms with Crippen LogP contribution in [-0.4, -0.2) is 74.4 Å². The van der Waals surface area contributed by atoms with E-state index in [1.165, 1.54) is 0 Å². The molecule has 10 heteroatoms. The van der Waals surface area contributed by atoms with Crippen LogP contribution in [0.4, 0.5) is 4.79 Å². The lowest BCUT2D eigenvalue weighted by Gasteiger charge is -2.44. The minimum absolute atomic E-state index is 0.00679. The third-order valence-corrected chi connectivity index (χ3v) is 8.56. The summed E-state index contributed by atoms with van der Waals surface area (Å²) in [5, 5.41) is 1.07. The molecule has 6 rings (SSSR count). The van der Waals surface area contributed by atoms with Crippen molar-refractivity contribution in [3.05, 3.63) is 82.7 Å². The lowest BCUT2D eigenvalue weighted by atomic mass is 9.97. The van der Waals surface area contributed by atoms with Crippen LogP contribution in [-0.2, 0) is 17.9 Å². The second kappa shape index (κ2) is 12.4. The van der Waals surface area contributed by atoms with Crippen LogP contribution in [0.15, 0.2) is 66.0 Å². The Morgan fingerprint density at radius 3 is 2.52 bits per heavy atom. The summed E-state index contributed by atoms with van der Waals surface area (Å²) < 4.78 is 20.9. The molecule has 0 atom stereocenters. The molecule has 0 saturated carbocycles. The molecular formula is C34H41N5O5. The van der Waals surface area contributed by atoms with Crippen molar-refractivity contribution in [3.8, 4) is 17.2 Å². The van der Waals surface area contributed by atoms with Gasteiger partial charge in [-0.25, -0.2) is 9.78 Å². The number of rotatable bonds is 7. The molecule has 4 heterocycles. The van der Waals surface area contributed by atoms with E-state index in [4.69, 9.17) is 14.2 Å². The number of hydrogen-bond donors (Lipinski definition) is 0. The fourth-order valence-electron chi connectivity index (χ4n) is 6.34. The van der Waals surface area contributed by atoms with Crippen LogP contribution in [0.3, 0.4) is 0 Å². The van der Waals surface area contributed by atoms with Gasteiger partial charge in [0.05, 0.1) is 11.8 Å². The predicted octanol–water partition coefficient (Wildman–Crippen LogP) is 5.17. The van der Waals surface area contributed by atoms with E-state index in [1.807, 2.05) is 45.4 Å². The number of aromatic nitrogens is 3. The SMILES string of the molecule is Cc1cc(=O)n(CCN2CCC(N(C(=O)OCc3ccc4c(c3)OCCO4)C(C)(C)C)CC2)c2cc(-n3ccnc3)ccc12. The highest BCUT2D eigenvalue weighted by molar-refractivity contribution is 5.84. The molecular weight excluding hydrogens is 558 g/mol. The fraction of sp³-hybridized carbons (Fsp3) is 0.441. The standard InChI is InChI=1S/C34H41N5O5/c1-24-19-32(40)38(29-21-27(6-7-28(24)29)37-14-11-35-23-37)16-15-36-12-9-26(10-13-36)39(34(2,3)4)33(41)44-22-25-5-8-30-31(20-25)43-18-17-42-30/h5-8,11,14,19-21,23,26H,9-10,12-13,15-18,22H2,1-4H3. The number of amides is 1. The summed E-state index contributed by atoms with van der Waals surface area (Å²) in [6, 6.07) is 13.6. The number of fused-ring (bicyclic) bond motifs is 2. The molecule has 2 aliphatic heterocycles. The number of piperidine rings is 1. The van der Waals surface area contributed by atoms with Crippen LogP contribution < -0.4 is 15.0 Å². The number of benzene rings is 2. The molecule has 10 nitrogen and oxygen atoms in total. The van der Waals surface area contributed by atoms with Gasteiger partial charge in [0.25, 0.3) is 5.56 Å². The maximum Gasteiger partial charge on any atom is 0.410 e. The number of carbonyl (C=O) groups excluding carboxylic acids is 1. The van der Waals surface area contributed by atoms with Gasteiger partial charge in [0.1, 0.15) is 19.8 Å². The zero-order valence-corrected chi connectivity index (χ0v) is 26.0. The van der Waals surface area contributed by atoms with Gasteiger partial charge in [-0.05, 0) is 75.9 Å². The number of aryl methyl sites for hydroxylation is 1. The van der Waals surface area contributed by atoms with Gasteiger partial charge in [0.2, 0.25) is 0 Å². The number of nitrogens with zero attached hydrogens (tertiary/aromatic N) is 5. The molecule has 2 aromatic heterocycles. The molecule has 232 valence electrons. The van der Waals surface area contributed by atoms with Crippen molar-refractivity contribution in [2.45, 2.75) is 65.3 Å². The number of pyridine rings is 1. The van der Waals surface area contributed by atoms with Crippen LogP contribution >= 0.6 is 0 Å². The number of likely N-dealkylation sites (tertiary alicyclic amines) is 1. The summed E-state index contributed by atoms with van der Waals surface area (Å²) in [4.78, 5) is 35.0. The molecule has 0 spiro atoms. The van der Waals surface area contributed by atoms with Crippen LogP contribution in [0.25, 0.3) is 16.6 Å². The van der Waals surface area contributed by atoms with Gasteiger partial charge >= 0.3 is 6.09 Å². The van der Waals surface area contributed by atoms with Crippen LogP contribution in [0, 0.1) is 6.92 Å². The zero-order chi connectivity index (χ0) is 30.8. The first-order chi connectivity index (χ1) is 21.2. The van der Waals surface area contributed by atoms with E-state index >= 15 is 0 Å². The Kier molecular flexibility index (Phi) is 8.35. The molecule has 2 aromatic carbocycles. The van der Waals surface area contributed by atoms with Crippen molar-refractivity contribution in [2.24, 2.45) is 0 Å². The third kappa shape index (κ3) is 6.31. The molecule has 44 heavy (non-hydrogen) atoms. The molecule has 0 N–H and O–H groups in total. The zero-order valence-electron chi connectivity index (χ0n) is 26.0. The van der Waals surface area contributed by atoms with E-state index < -0.39 is 5.54 Å². The first-order valence-corrected chi connectivity index (χ1v) is 15.4. The number of ether oxygens (including phenoxy) is 3. The van der Waals surface area contributed by atoms with Gasteiger partial charge in [-0.3, -0.25) is 4.79 Å². The van der Waals surface area contributed by atoms with Gasteiger partial charge in [0, 0.05) is 67.3 Å². The topological polar surface area (TPSA) is 91.1 Å². The normalized spacial score (nSPS) is 15.8. The second-order valence-corrected chi connectivity index (χ2v) is 12.6. The minimum atomic E-state index is -0.391. The first kappa shape index (κ1) is 29.7. The molecule has 0 radical (unpaired) electrons. The Hall–Kier alpha value is -4.31. The molecule has 0 bridgehead atoms. The fourth-order valence-corrected chi connectivity index (χ4v) is 6.34. The Balaban J connectivity index is 1.09. The predicted molar refractivity (Wildman–Crippen MR) is 169 cm³/mol. The summed E-state index contributed by atoms with van der Waals surface area (Å²) in [5.41, 5.74) is 3.35. The highest BCUT2D eigenvalue weighted by Crippen LogP contribution is 2.32. The van der Waals surface area contributed by atoms with E-state index in [-0.39, 0.29) is 24.3 Å². The van der Waals surface area contributed by atoms with Gasteiger partial charge in [0.15, 0.2) is 11.5 Å². The smallest absolute Gasteiger partial charge is 0.410 e. The average Bonchev–Trinajstić information content (AvgIpc) is 3.55. The van der Waals surface area contributed by atoms with E-state index in [1.54, 1.807) is 18.6 Å². The van der Waals surface area contributed by atoms with Gasteiger partial charge in [-0.2, -0.15) is 0 Å². The average molecular weight is 600 g/mol. The van der Waals surface area contributed by atoms with Gasteiger partial charge < -0.3 is 33.1 Å². The van der Waals surface area contributed by atoms with Crippen LogP contribution in [0.5, 0.6) is 11.5 Å². The number of hydrogen-bond acceptors (Lipinski definition) is 7. The van der Waals surface area contributed by atoms with Crippen molar-refractivity contribution in [1.29, 1.82) is 0 Å². The van der Waals surface area contributed by atoms with E-state index in [0.29, 0.717) is 31.3 Å². The van der Waals surface area contributed by atoms with Crippen molar-refractivity contribution in [3.63, 3.8) is 0 Å². The molecule has 1 fully saturated rings. The first-order valence-electron chi connectivity index (χ1n) is 15.4. The molecule has 0 aliphatic carbocycles. The summed E-state index contributed by atoms with van der Waals surface area (Å²) >= 11 is 0. The van der Waals surface area contributed by atoms with Crippen LogP contribution in [0.2, 0.25) is 0 Å². The molecule has 1 saturated heterocycles.